The van der Waals surface area contributed by atoms with Crippen molar-refractivity contribution >= 4 is 65.4 Å². The van der Waals surface area contributed by atoms with Crippen LogP contribution in [-0.2, 0) is 0 Å². The van der Waals surface area contributed by atoms with E-state index >= 15 is 0 Å². The van der Waals surface area contributed by atoms with Gasteiger partial charge < -0.3 is 13.7 Å². The average Bonchev–Trinajstić information content (AvgIpc) is 3.93. The van der Waals surface area contributed by atoms with Gasteiger partial charge in [0.2, 0.25) is 0 Å². The number of benzene rings is 9. The van der Waals surface area contributed by atoms with Gasteiger partial charge in [-0.15, -0.1) is 0 Å². The Morgan fingerprint density at radius 2 is 0.596 bits per heavy atom. The van der Waals surface area contributed by atoms with Crippen LogP contribution in [0.15, 0.2) is 212 Å². The van der Waals surface area contributed by atoms with Crippen LogP contribution in [0.1, 0.15) is 0 Å². The molecule has 3 heteroatoms. The molecule has 3 nitrogen and oxygen atoms in total. The van der Waals surface area contributed by atoms with E-state index in [-0.39, 0.29) is 0 Å². The van der Waals surface area contributed by atoms with Crippen LogP contribution in [0.25, 0.3) is 105 Å². The lowest BCUT2D eigenvalue weighted by atomic mass is 9.99. The highest BCUT2D eigenvalue weighted by atomic mass is 15.1. The molecule has 0 amide bonds. The van der Waals surface area contributed by atoms with E-state index in [9.17, 15) is 0 Å². The molecule has 0 aliphatic rings. The molecule has 0 bridgehead atoms. The van der Waals surface area contributed by atoms with Gasteiger partial charge in [-0.1, -0.05) is 158 Å². The molecular weight excluding hydrogens is 691 g/mol. The number of aromatic nitrogens is 3. The van der Waals surface area contributed by atoms with Gasteiger partial charge in [-0.05, 0) is 76.9 Å². The minimum Gasteiger partial charge on any atom is -0.307 e. The Balaban J connectivity index is 1.17. The fourth-order valence-corrected chi connectivity index (χ4v) is 9.40. The number of nitrogens with zero attached hydrogens (tertiary/aromatic N) is 3. The van der Waals surface area contributed by atoms with E-state index < -0.39 is 0 Å². The van der Waals surface area contributed by atoms with Crippen molar-refractivity contribution in [1.29, 1.82) is 0 Å². The summed E-state index contributed by atoms with van der Waals surface area (Å²) < 4.78 is 7.47. The molecule has 0 saturated heterocycles. The van der Waals surface area contributed by atoms with Gasteiger partial charge in [0, 0.05) is 38.0 Å². The summed E-state index contributed by atoms with van der Waals surface area (Å²) in [6.45, 7) is 0. The maximum atomic E-state index is 2.52. The number of hydrogen-bond acceptors (Lipinski definition) is 0. The fourth-order valence-electron chi connectivity index (χ4n) is 9.40. The normalized spacial score (nSPS) is 11.9. The van der Waals surface area contributed by atoms with Crippen molar-refractivity contribution in [3.05, 3.63) is 212 Å². The monoisotopic (exact) mass is 725 g/mol. The van der Waals surface area contributed by atoms with Crippen LogP contribution in [-0.4, -0.2) is 13.7 Å². The summed E-state index contributed by atoms with van der Waals surface area (Å²) in [7, 11) is 0. The highest BCUT2D eigenvalue weighted by Crippen LogP contribution is 2.43. The molecule has 0 aliphatic heterocycles. The maximum Gasteiger partial charge on any atom is 0.0783 e. The van der Waals surface area contributed by atoms with E-state index in [1.165, 1.54) is 87.7 Å². The van der Waals surface area contributed by atoms with Crippen molar-refractivity contribution in [1.82, 2.24) is 13.7 Å². The zero-order valence-electron chi connectivity index (χ0n) is 31.0. The lowest BCUT2D eigenvalue weighted by Crippen LogP contribution is -2.03. The van der Waals surface area contributed by atoms with E-state index in [1.54, 1.807) is 0 Å². The third-order valence-corrected chi connectivity index (χ3v) is 11.8. The van der Waals surface area contributed by atoms with Crippen LogP contribution >= 0.6 is 0 Å². The zero-order chi connectivity index (χ0) is 37.5. The Labute approximate surface area is 329 Å². The first-order valence-corrected chi connectivity index (χ1v) is 19.6. The van der Waals surface area contributed by atoms with E-state index in [0.29, 0.717) is 0 Å². The SMILES string of the molecule is c1ccc(-c2cccc(-c3cccc(-n4c5ccccc5c5cccc(-n6c7ccccc7c7cccc(-n8c9ccccc9c9ccccc98)c76)c54)c3)c2)cc1. The van der Waals surface area contributed by atoms with Gasteiger partial charge in [0.25, 0.3) is 0 Å². The second-order valence-corrected chi connectivity index (χ2v) is 14.9. The average molecular weight is 726 g/mol. The first-order chi connectivity index (χ1) is 28.3. The largest absolute Gasteiger partial charge is 0.307 e. The Hall–Kier alpha value is -7.62. The van der Waals surface area contributed by atoms with Crippen molar-refractivity contribution in [3.8, 4) is 39.3 Å². The van der Waals surface area contributed by atoms with E-state index in [1.807, 2.05) is 0 Å². The van der Waals surface area contributed by atoms with Gasteiger partial charge >= 0.3 is 0 Å². The van der Waals surface area contributed by atoms with Crippen LogP contribution < -0.4 is 0 Å². The van der Waals surface area contributed by atoms with Crippen molar-refractivity contribution in [2.24, 2.45) is 0 Å². The molecule has 0 N–H and O–H groups in total. The molecule has 57 heavy (non-hydrogen) atoms. The number of fused-ring (bicyclic) bond motifs is 9. The molecule has 12 aromatic rings. The van der Waals surface area contributed by atoms with Crippen molar-refractivity contribution < 1.29 is 0 Å². The van der Waals surface area contributed by atoms with Crippen LogP contribution in [0, 0.1) is 0 Å². The highest BCUT2D eigenvalue weighted by Gasteiger charge is 2.23. The van der Waals surface area contributed by atoms with Crippen LogP contribution in [0.4, 0.5) is 0 Å². The molecule has 0 radical (unpaired) electrons. The Morgan fingerprint density at radius 1 is 0.228 bits per heavy atom. The van der Waals surface area contributed by atoms with Crippen molar-refractivity contribution in [3.63, 3.8) is 0 Å². The number of rotatable bonds is 5. The topological polar surface area (TPSA) is 14.8 Å². The van der Waals surface area contributed by atoms with Gasteiger partial charge in [-0.2, -0.15) is 0 Å². The molecule has 0 fully saturated rings. The lowest BCUT2D eigenvalue weighted by Gasteiger charge is -2.17. The predicted octanol–water partition coefficient (Wildman–Crippen LogP) is 14.3. The molecule has 9 aromatic carbocycles. The Kier molecular flexibility index (Phi) is 6.93. The molecule has 3 heterocycles. The molecule has 0 saturated carbocycles. The summed E-state index contributed by atoms with van der Waals surface area (Å²) in [5, 5.41) is 7.42. The molecule has 12 rings (SSSR count). The summed E-state index contributed by atoms with van der Waals surface area (Å²) in [5.74, 6) is 0. The molecule has 266 valence electrons. The first kappa shape index (κ1) is 31.7. The molecule has 0 unspecified atom stereocenters. The summed E-state index contributed by atoms with van der Waals surface area (Å²) in [4.78, 5) is 0. The maximum absolute atomic E-state index is 2.52. The minimum atomic E-state index is 1.12. The van der Waals surface area contributed by atoms with Gasteiger partial charge in [-0.3, -0.25) is 0 Å². The second kappa shape index (κ2) is 12.5. The fraction of sp³-hybridized carbons (Fsp3) is 0. The summed E-state index contributed by atoms with van der Waals surface area (Å²) in [5.41, 5.74) is 15.3. The van der Waals surface area contributed by atoms with Gasteiger partial charge in [-0.25, -0.2) is 0 Å². The third-order valence-electron chi connectivity index (χ3n) is 11.8. The smallest absolute Gasteiger partial charge is 0.0783 e. The van der Waals surface area contributed by atoms with Gasteiger partial charge in [0.05, 0.1) is 44.5 Å². The van der Waals surface area contributed by atoms with Gasteiger partial charge in [0.1, 0.15) is 0 Å². The first-order valence-electron chi connectivity index (χ1n) is 19.6. The molecule has 0 spiro atoms. The third kappa shape index (κ3) is 4.73. The molecule has 0 aliphatic carbocycles. The molecule has 0 atom stereocenters. The predicted molar refractivity (Wildman–Crippen MR) is 240 cm³/mol. The van der Waals surface area contributed by atoms with Crippen molar-refractivity contribution in [2.45, 2.75) is 0 Å². The summed E-state index contributed by atoms with van der Waals surface area (Å²) in [6.07, 6.45) is 0. The van der Waals surface area contributed by atoms with Crippen molar-refractivity contribution in [2.75, 3.05) is 0 Å². The second-order valence-electron chi connectivity index (χ2n) is 14.9. The standard InChI is InChI=1S/C54H35N3/c1-2-16-36(17-3-1)37-18-12-19-38(34-37)39-20-13-21-40(35-39)55-47-28-8-6-24-43(47)45-26-15-33-52(53(45)55)57-50-31-11-7-25-44(50)46-27-14-32-51(54(46)57)56-48-29-9-4-22-41(48)42-23-5-10-30-49(42)56/h1-35H. The summed E-state index contributed by atoms with van der Waals surface area (Å²) in [6, 6.07) is 77.5. The van der Waals surface area contributed by atoms with E-state index in [0.717, 1.165) is 17.1 Å². The Morgan fingerprint density at radius 3 is 1.19 bits per heavy atom. The Bertz CT molecular complexity index is 3470. The quantitative estimate of drug-likeness (QED) is 0.168. The number of hydrogen-bond donors (Lipinski definition) is 0. The molecule has 3 aromatic heterocycles. The molecular formula is C54H35N3. The van der Waals surface area contributed by atoms with Crippen LogP contribution in [0.5, 0.6) is 0 Å². The summed E-state index contributed by atoms with van der Waals surface area (Å²) >= 11 is 0. The number of para-hydroxylation sites is 6. The minimum absolute atomic E-state index is 1.12. The lowest BCUT2D eigenvalue weighted by molar-refractivity contribution is 1.11. The van der Waals surface area contributed by atoms with Crippen LogP contribution in [0.2, 0.25) is 0 Å². The van der Waals surface area contributed by atoms with Crippen LogP contribution in [0.3, 0.4) is 0 Å². The van der Waals surface area contributed by atoms with E-state index in [2.05, 4.69) is 226 Å². The van der Waals surface area contributed by atoms with E-state index in [4.69, 9.17) is 0 Å². The highest BCUT2D eigenvalue weighted by molar-refractivity contribution is 6.17. The zero-order valence-corrected chi connectivity index (χ0v) is 31.0. The van der Waals surface area contributed by atoms with Gasteiger partial charge in [0.15, 0.2) is 0 Å².